The van der Waals surface area contributed by atoms with Crippen LogP contribution in [0.15, 0.2) is 23.5 Å². The summed E-state index contributed by atoms with van der Waals surface area (Å²) in [7, 11) is 0. The molecule has 4 heteroatoms. The molecule has 66 valence electrons. The second-order valence-electron chi connectivity index (χ2n) is 2.28. The lowest BCUT2D eigenvalue weighted by Crippen LogP contribution is -2.01. The van der Waals surface area contributed by atoms with Crippen LogP contribution < -0.4 is 0 Å². The molecule has 0 saturated heterocycles. The van der Waals surface area contributed by atoms with E-state index in [1.807, 2.05) is 0 Å². The molecular formula is C8H10O4. The fourth-order valence-electron chi connectivity index (χ4n) is 0.490. The highest BCUT2D eigenvalue weighted by molar-refractivity contribution is 5.89. The molecule has 0 aromatic rings. The van der Waals surface area contributed by atoms with Gasteiger partial charge in [0.15, 0.2) is 5.78 Å². The first-order valence-electron chi connectivity index (χ1n) is 3.27. The number of rotatable bonds is 3. The summed E-state index contributed by atoms with van der Waals surface area (Å²) in [6.45, 7) is 2.74. The Balaban J connectivity index is 4.58. The van der Waals surface area contributed by atoms with E-state index in [9.17, 15) is 9.59 Å². The van der Waals surface area contributed by atoms with E-state index in [0.717, 1.165) is 0 Å². The van der Waals surface area contributed by atoms with E-state index in [1.54, 1.807) is 0 Å². The first kappa shape index (κ1) is 10.4. The molecule has 0 unspecified atom stereocenters. The minimum absolute atomic E-state index is 0.151. The van der Waals surface area contributed by atoms with E-state index < -0.39 is 11.7 Å². The van der Waals surface area contributed by atoms with Gasteiger partial charge in [0.1, 0.15) is 0 Å². The second-order valence-corrected chi connectivity index (χ2v) is 2.28. The summed E-state index contributed by atoms with van der Waals surface area (Å²) in [5.41, 5.74) is 0.151. The third-order valence-corrected chi connectivity index (χ3v) is 1.14. The number of hydrogen-bond acceptors (Lipinski definition) is 3. The molecule has 4 nitrogen and oxygen atoms in total. The van der Waals surface area contributed by atoms with E-state index in [0.29, 0.717) is 0 Å². The van der Waals surface area contributed by atoms with Gasteiger partial charge in [-0.2, -0.15) is 0 Å². The number of carboxylic acid groups (broad SMARTS) is 1. The summed E-state index contributed by atoms with van der Waals surface area (Å²) in [4.78, 5) is 20.6. The van der Waals surface area contributed by atoms with Crippen molar-refractivity contribution in [3.8, 4) is 0 Å². The molecule has 12 heavy (non-hydrogen) atoms. The zero-order valence-corrected chi connectivity index (χ0v) is 6.87. The maximum atomic E-state index is 10.4. The molecule has 0 saturated carbocycles. The number of aliphatic hydroxyl groups is 1. The van der Waals surface area contributed by atoms with Gasteiger partial charge < -0.3 is 10.2 Å². The maximum absolute atomic E-state index is 10.4. The molecule has 0 fully saturated rings. The number of ketones is 1. The highest BCUT2D eigenvalue weighted by Gasteiger charge is 2.05. The Morgan fingerprint density at radius 3 is 1.92 bits per heavy atom. The molecule has 0 bridgehead atoms. The van der Waals surface area contributed by atoms with Crippen LogP contribution in [-0.4, -0.2) is 22.0 Å². The number of hydrogen-bond donors (Lipinski definition) is 2. The molecule has 0 aromatic heterocycles. The van der Waals surface area contributed by atoms with Crippen molar-refractivity contribution in [2.24, 2.45) is 0 Å². The van der Waals surface area contributed by atoms with Crippen LogP contribution >= 0.6 is 0 Å². The molecule has 0 atom stereocenters. The average Bonchev–Trinajstić information content (AvgIpc) is 1.98. The van der Waals surface area contributed by atoms with Gasteiger partial charge in [0.25, 0.3) is 0 Å². The van der Waals surface area contributed by atoms with E-state index in [1.165, 1.54) is 26.0 Å². The predicted octanol–water partition coefficient (Wildman–Crippen LogP) is 1.05. The minimum atomic E-state index is -1.40. The van der Waals surface area contributed by atoms with Crippen molar-refractivity contribution in [3.05, 3.63) is 23.5 Å². The van der Waals surface area contributed by atoms with Crippen molar-refractivity contribution in [2.75, 3.05) is 0 Å². The maximum Gasteiger partial charge on any atom is 0.371 e. The first-order chi connectivity index (χ1) is 5.45. The summed E-state index contributed by atoms with van der Waals surface area (Å²) in [6.07, 6.45) is 2.44. The van der Waals surface area contributed by atoms with Gasteiger partial charge in [0.2, 0.25) is 5.76 Å². The zero-order valence-electron chi connectivity index (χ0n) is 6.87. The van der Waals surface area contributed by atoms with Gasteiger partial charge in [-0.25, -0.2) is 4.79 Å². The molecule has 0 heterocycles. The second kappa shape index (κ2) is 4.33. The number of carbonyl (C=O) groups excluding carboxylic acids is 1. The average molecular weight is 170 g/mol. The van der Waals surface area contributed by atoms with Gasteiger partial charge in [-0.1, -0.05) is 6.08 Å². The van der Waals surface area contributed by atoms with Gasteiger partial charge in [-0.3, -0.25) is 4.79 Å². The van der Waals surface area contributed by atoms with Crippen LogP contribution in [0.4, 0.5) is 0 Å². The SMILES string of the molecule is CC(=O)/C=C\C(C)=C(\O)C(=O)O. The fourth-order valence-corrected chi connectivity index (χ4v) is 0.490. The third-order valence-electron chi connectivity index (χ3n) is 1.14. The Kier molecular flexibility index (Phi) is 3.76. The molecule has 0 amide bonds. The predicted molar refractivity (Wildman–Crippen MR) is 42.8 cm³/mol. The molecular weight excluding hydrogens is 160 g/mol. The van der Waals surface area contributed by atoms with Gasteiger partial charge in [0, 0.05) is 0 Å². The van der Waals surface area contributed by atoms with Crippen LogP contribution in [0.25, 0.3) is 0 Å². The summed E-state index contributed by atoms with van der Waals surface area (Å²) in [5.74, 6) is -2.35. The van der Waals surface area contributed by atoms with Crippen LogP contribution in [0, 0.1) is 0 Å². The first-order valence-corrected chi connectivity index (χ1v) is 3.27. The number of aliphatic hydroxyl groups excluding tert-OH is 1. The van der Waals surface area contributed by atoms with Gasteiger partial charge in [-0.15, -0.1) is 0 Å². The Hall–Kier alpha value is -1.58. The Morgan fingerprint density at radius 2 is 1.58 bits per heavy atom. The Morgan fingerprint density at radius 1 is 1.08 bits per heavy atom. The fraction of sp³-hybridized carbons (Fsp3) is 0.250. The zero-order chi connectivity index (χ0) is 9.72. The number of aliphatic carboxylic acids is 1. The highest BCUT2D eigenvalue weighted by Crippen LogP contribution is 2.02. The van der Waals surface area contributed by atoms with Crippen molar-refractivity contribution < 1.29 is 19.8 Å². The van der Waals surface area contributed by atoms with Crippen LogP contribution in [-0.2, 0) is 9.59 Å². The standard InChI is InChI=1S/C8H10O4/c1-5(3-4-6(2)9)7(10)8(11)12/h3-4,10H,1-2H3,(H,11,12)/b4-3-,7-5+. The largest absolute Gasteiger partial charge is 0.502 e. The molecule has 0 spiro atoms. The van der Waals surface area contributed by atoms with E-state index >= 15 is 0 Å². The number of allylic oxidation sites excluding steroid dienone is 3. The van der Waals surface area contributed by atoms with Crippen molar-refractivity contribution in [2.45, 2.75) is 13.8 Å². The van der Waals surface area contributed by atoms with Crippen molar-refractivity contribution >= 4 is 11.8 Å². The summed E-state index contributed by atoms with van der Waals surface area (Å²) in [6, 6.07) is 0. The third kappa shape index (κ3) is 3.55. The minimum Gasteiger partial charge on any atom is -0.502 e. The monoisotopic (exact) mass is 170 g/mol. The van der Waals surface area contributed by atoms with E-state index in [2.05, 4.69) is 0 Å². The number of carbonyl (C=O) groups is 2. The van der Waals surface area contributed by atoms with Gasteiger partial charge in [-0.05, 0) is 25.5 Å². The lowest BCUT2D eigenvalue weighted by Gasteiger charge is -1.94. The highest BCUT2D eigenvalue weighted by atomic mass is 16.4. The summed E-state index contributed by atoms with van der Waals surface area (Å²) in [5, 5.41) is 17.1. The number of carboxylic acids is 1. The quantitative estimate of drug-likeness (QED) is 0.377. The van der Waals surface area contributed by atoms with Gasteiger partial charge >= 0.3 is 5.97 Å². The smallest absolute Gasteiger partial charge is 0.371 e. The molecule has 0 aliphatic rings. The van der Waals surface area contributed by atoms with Crippen molar-refractivity contribution in [1.82, 2.24) is 0 Å². The van der Waals surface area contributed by atoms with Crippen molar-refractivity contribution in [3.63, 3.8) is 0 Å². The normalized spacial score (nSPS) is 12.8. The Labute approximate surface area is 69.8 Å². The molecule has 0 rings (SSSR count). The summed E-state index contributed by atoms with van der Waals surface area (Å²) >= 11 is 0. The van der Waals surface area contributed by atoms with Crippen LogP contribution in [0.5, 0.6) is 0 Å². The summed E-state index contributed by atoms with van der Waals surface area (Å²) < 4.78 is 0. The lowest BCUT2D eigenvalue weighted by molar-refractivity contribution is -0.135. The van der Waals surface area contributed by atoms with Gasteiger partial charge in [0.05, 0.1) is 0 Å². The lowest BCUT2D eigenvalue weighted by atomic mass is 10.2. The molecule has 0 aliphatic heterocycles. The molecule has 2 N–H and O–H groups in total. The molecule has 0 radical (unpaired) electrons. The van der Waals surface area contributed by atoms with Crippen LogP contribution in [0.2, 0.25) is 0 Å². The van der Waals surface area contributed by atoms with Crippen LogP contribution in [0.3, 0.4) is 0 Å². The van der Waals surface area contributed by atoms with Crippen molar-refractivity contribution in [1.29, 1.82) is 0 Å². The van der Waals surface area contributed by atoms with Crippen LogP contribution in [0.1, 0.15) is 13.8 Å². The van der Waals surface area contributed by atoms with E-state index in [4.69, 9.17) is 10.2 Å². The topological polar surface area (TPSA) is 74.6 Å². The molecule has 0 aliphatic carbocycles. The van der Waals surface area contributed by atoms with E-state index in [-0.39, 0.29) is 11.4 Å². The Bertz CT molecular complexity index is 260. The molecule has 0 aromatic carbocycles.